The fourth-order valence-corrected chi connectivity index (χ4v) is 1.33. The maximum atomic E-state index is 3.36. The van der Waals surface area contributed by atoms with Gasteiger partial charge in [0.15, 0.2) is 0 Å². The number of fused-ring (bicyclic) bond motifs is 1. The number of piperidine rings is 1. The fourth-order valence-electron chi connectivity index (χ4n) is 1.33. The highest BCUT2D eigenvalue weighted by atomic mass is 15.1. The first kappa shape index (κ1) is 5.98. The predicted octanol–water partition coefficient (Wildman–Crippen LogP) is 0.553. The Morgan fingerprint density at radius 2 is 2.50 bits per heavy atom. The summed E-state index contributed by atoms with van der Waals surface area (Å²) >= 11 is 0. The van der Waals surface area contributed by atoms with Crippen molar-refractivity contribution in [2.75, 3.05) is 6.54 Å². The van der Waals surface area contributed by atoms with Crippen LogP contribution < -0.4 is 10.6 Å². The third-order valence-electron chi connectivity index (χ3n) is 1.85. The van der Waals surface area contributed by atoms with Gasteiger partial charge in [-0.15, -0.1) is 0 Å². The van der Waals surface area contributed by atoms with E-state index in [9.17, 15) is 0 Å². The van der Waals surface area contributed by atoms with E-state index in [0.29, 0.717) is 6.17 Å². The number of allylic oxidation sites excluding steroid dienone is 2. The molecule has 2 N–H and O–H groups in total. The summed E-state index contributed by atoms with van der Waals surface area (Å²) in [6.45, 7) is 1.09. The van der Waals surface area contributed by atoms with Crippen LogP contribution in [-0.2, 0) is 0 Å². The molecular weight excluding hydrogens is 124 g/mol. The summed E-state index contributed by atoms with van der Waals surface area (Å²) in [7, 11) is 0. The van der Waals surface area contributed by atoms with Gasteiger partial charge < -0.3 is 5.32 Å². The fraction of sp³-hybridized carbons (Fsp3) is 0.375. The molecule has 0 aromatic heterocycles. The lowest BCUT2D eigenvalue weighted by molar-refractivity contribution is 0.494. The molecule has 0 bridgehead atoms. The summed E-state index contributed by atoms with van der Waals surface area (Å²) in [5.41, 5.74) is 1.37. The van der Waals surface area contributed by atoms with E-state index in [-0.39, 0.29) is 0 Å². The van der Waals surface area contributed by atoms with E-state index in [0.717, 1.165) is 13.0 Å². The standard InChI is InChI=1S/C8H11N2/c1-3-7-4-2-6-10-8(7)9-5-1/h1,3-5,8-10H,2,6H2. The zero-order valence-electron chi connectivity index (χ0n) is 5.80. The van der Waals surface area contributed by atoms with E-state index in [1.807, 2.05) is 12.3 Å². The molecule has 0 amide bonds. The molecule has 1 radical (unpaired) electrons. The molecule has 0 spiro atoms. The van der Waals surface area contributed by atoms with Gasteiger partial charge >= 0.3 is 0 Å². The lowest BCUT2D eigenvalue weighted by Crippen LogP contribution is -2.45. The lowest BCUT2D eigenvalue weighted by atomic mass is 10.0. The minimum absolute atomic E-state index is 0.374. The first-order chi connectivity index (χ1) is 4.97. The predicted molar refractivity (Wildman–Crippen MR) is 41.1 cm³/mol. The average molecular weight is 135 g/mol. The van der Waals surface area contributed by atoms with Crippen molar-refractivity contribution in [2.24, 2.45) is 0 Å². The highest BCUT2D eigenvalue weighted by Crippen LogP contribution is 2.14. The minimum atomic E-state index is 0.374. The summed E-state index contributed by atoms with van der Waals surface area (Å²) < 4.78 is 0. The Balaban J connectivity index is 2.14. The van der Waals surface area contributed by atoms with Crippen molar-refractivity contribution in [3.05, 3.63) is 30.3 Å². The molecule has 2 heterocycles. The Bertz CT molecular complexity index is 182. The first-order valence-electron chi connectivity index (χ1n) is 3.66. The average Bonchev–Trinajstić information content (AvgIpc) is 2.05. The second-order valence-corrected chi connectivity index (χ2v) is 2.57. The van der Waals surface area contributed by atoms with E-state index in [2.05, 4.69) is 23.1 Å². The molecule has 2 aliphatic heterocycles. The zero-order chi connectivity index (χ0) is 6.81. The molecule has 1 fully saturated rings. The van der Waals surface area contributed by atoms with E-state index in [4.69, 9.17) is 0 Å². The van der Waals surface area contributed by atoms with Crippen molar-refractivity contribution >= 4 is 0 Å². The number of dihydropyridines is 1. The van der Waals surface area contributed by atoms with E-state index in [1.54, 1.807) is 0 Å². The van der Waals surface area contributed by atoms with Crippen LogP contribution in [0.15, 0.2) is 23.9 Å². The molecule has 2 nitrogen and oxygen atoms in total. The van der Waals surface area contributed by atoms with Crippen molar-refractivity contribution in [1.29, 1.82) is 0 Å². The smallest absolute Gasteiger partial charge is 0.0992 e. The van der Waals surface area contributed by atoms with Crippen LogP contribution >= 0.6 is 0 Å². The Morgan fingerprint density at radius 1 is 1.50 bits per heavy atom. The number of hydrogen-bond donors (Lipinski definition) is 2. The molecule has 2 aliphatic rings. The van der Waals surface area contributed by atoms with Crippen molar-refractivity contribution < 1.29 is 0 Å². The third-order valence-corrected chi connectivity index (χ3v) is 1.85. The van der Waals surface area contributed by atoms with Crippen molar-refractivity contribution in [3.8, 4) is 0 Å². The van der Waals surface area contributed by atoms with Crippen LogP contribution in [0, 0.1) is 6.42 Å². The van der Waals surface area contributed by atoms with Crippen molar-refractivity contribution in [3.63, 3.8) is 0 Å². The first-order valence-corrected chi connectivity index (χ1v) is 3.66. The van der Waals surface area contributed by atoms with Gasteiger partial charge in [-0.05, 0) is 37.2 Å². The van der Waals surface area contributed by atoms with E-state index in [1.165, 1.54) is 5.57 Å². The molecule has 0 aliphatic carbocycles. The van der Waals surface area contributed by atoms with Crippen LogP contribution in [0.4, 0.5) is 0 Å². The molecule has 0 saturated carbocycles. The molecule has 1 saturated heterocycles. The summed E-state index contributed by atoms with van der Waals surface area (Å²) in [6.07, 6.45) is 9.96. The lowest BCUT2D eigenvalue weighted by Gasteiger charge is -2.28. The molecule has 0 aromatic rings. The van der Waals surface area contributed by atoms with Crippen LogP contribution in [0.25, 0.3) is 0 Å². The third kappa shape index (κ3) is 0.948. The van der Waals surface area contributed by atoms with Crippen LogP contribution in [-0.4, -0.2) is 12.7 Å². The van der Waals surface area contributed by atoms with Crippen LogP contribution in [0.2, 0.25) is 0 Å². The van der Waals surface area contributed by atoms with Gasteiger partial charge in [0.2, 0.25) is 0 Å². The summed E-state index contributed by atoms with van der Waals surface area (Å²) in [4.78, 5) is 0. The number of rotatable bonds is 0. The monoisotopic (exact) mass is 135 g/mol. The van der Waals surface area contributed by atoms with Crippen LogP contribution in [0.3, 0.4) is 0 Å². The van der Waals surface area contributed by atoms with Gasteiger partial charge in [-0.3, -0.25) is 5.32 Å². The molecule has 10 heavy (non-hydrogen) atoms. The Hall–Kier alpha value is -0.760. The van der Waals surface area contributed by atoms with Gasteiger partial charge in [-0.2, -0.15) is 0 Å². The summed E-state index contributed by atoms with van der Waals surface area (Å²) in [5, 5.41) is 6.59. The highest BCUT2D eigenvalue weighted by molar-refractivity contribution is 5.30. The van der Waals surface area contributed by atoms with Crippen LogP contribution in [0.5, 0.6) is 0 Å². The molecule has 53 valence electrons. The molecular formula is C8H11N2. The van der Waals surface area contributed by atoms with Gasteiger partial charge in [-0.1, -0.05) is 6.08 Å². The van der Waals surface area contributed by atoms with E-state index < -0.39 is 0 Å². The summed E-state index contributed by atoms with van der Waals surface area (Å²) in [6, 6.07) is 0. The Kier molecular flexibility index (Phi) is 1.47. The molecule has 1 unspecified atom stereocenters. The highest BCUT2D eigenvalue weighted by Gasteiger charge is 2.17. The molecule has 1 atom stereocenters. The van der Waals surface area contributed by atoms with Gasteiger partial charge in [0.05, 0.1) is 6.17 Å². The maximum absolute atomic E-state index is 3.36. The van der Waals surface area contributed by atoms with Gasteiger partial charge in [0.1, 0.15) is 0 Å². The topological polar surface area (TPSA) is 24.1 Å². The van der Waals surface area contributed by atoms with E-state index >= 15 is 0 Å². The van der Waals surface area contributed by atoms with Crippen LogP contribution in [0.1, 0.15) is 6.42 Å². The van der Waals surface area contributed by atoms with Gasteiger partial charge in [-0.25, -0.2) is 0 Å². The zero-order valence-corrected chi connectivity index (χ0v) is 5.80. The molecule has 0 aromatic carbocycles. The van der Waals surface area contributed by atoms with Crippen molar-refractivity contribution in [2.45, 2.75) is 12.6 Å². The largest absolute Gasteiger partial charge is 0.372 e. The number of nitrogens with one attached hydrogen (secondary N) is 2. The van der Waals surface area contributed by atoms with Crippen molar-refractivity contribution in [1.82, 2.24) is 10.6 Å². The second-order valence-electron chi connectivity index (χ2n) is 2.57. The Morgan fingerprint density at radius 3 is 3.40 bits per heavy atom. The molecule has 2 heteroatoms. The summed E-state index contributed by atoms with van der Waals surface area (Å²) in [5.74, 6) is 0. The molecule has 2 rings (SSSR count). The van der Waals surface area contributed by atoms with Gasteiger partial charge in [0, 0.05) is 0 Å². The maximum Gasteiger partial charge on any atom is 0.0992 e. The number of hydrogen-bond acceptors (Lipinski definition) is 2. The normalized spacial score (nSPS) is 30.4. The Labute approximate surface area is 61.0 Å². The quantitative estimate of drug-likeness (QED) is 0.507. The second kappa shape index (κ2) is 2.46. The minimum Gasteiger partial charge on any atom is -0.372 e. The SMILES string of the molecule is [CH]1CCNC2NC=CC=C12. The van der Waals surface area contributed by atoms with Gasteiger partial charge in [0.25, 0.3) is 0 Å².